The lowest BCUT2D eigenvalue weighted by molar-refractivity contribution is 0.0726. The van der Waals surface area contributed by atoms with Gasteiger partial charge in [0.25, 0.3) is 5.91 Å². The highest BCUT2D eigenvalue weighted by Crippen LogP contribution is 2.22. The molecular weight excluding hydrogens is 444 g/mol. The van der Waals surface area contributed by atoms with Crippen LogP contribution in [0.25, 0.3) is 0 Å². The van der Waals surface area contributed by atoms with Gasteiger partial charge in [0.05, 0.1) is 16.3 Å². The van der Waals surface area contributed by atoms with Crippen LogP contribution in [0.1, 0.15) is 26.4 Å². The molecule has 2 aromatic carbocycles. The molecular formula is C19H15BrN4O5. The van der Waals surface area contributed by atoms with E-state index in [2.05, 4.69) is 31.6 Å². The number of hydrogen-bond donors (Lipinski definition) is 3. The monoisotopic (exact) mass is 458 g/mol. The van der Waals surface area contributed by atoms with Gasteiger partial charge in [-0.1, -0.05) is 12.1 Å². The van der Waals surface area contributed by atoms with Crippen molar-refractivity contribution in [2.45, 2.75) is 0 Å². The first-order valence-corrected chi connectivity index (χ1v) is 8.99. The molecule has 0 unspecified atom stereocenters. The summed E-state index contributed by atoms with van der Waals surface area (Å²) in [4.78, 5) is 24.2. The molecule has 9 nitrogen and oxygen atoms in total. The molecule has 0 fully saturated rings. The molecule has 0 bridgehead atoms. The smallest absolute Gasteiger partial charge is 0.365 e. The Labute approximate surface area is 173 Å². The molecule has 0 saturated heterocycles. The van der Waals surface area contributed by atoms with Crippen molar-refractivity contribution in [2.75, 3.05) is 0 Å². The van der Waals surface area contributed by atoms with Crippen LogP contribution in [0.3, 0.4) is 0 Å². The van der Waals surface area contributed by atoms with Crippen molar-refractivity contribution in [2.24, 2.45) is 12.1 Å². The maximum Gasteiger partial charge on any atom is 0.365 e. The van der Waals surface area contributed by atoms with Crippen molar-refractivity contribution in [3.05, 3.63) is 70.0 Å². The van der Waals surface area contributed by atoms with E-state index in [-0.39, 0.29) is 28.5 Å². The number of esters is 1. The van der Waals surface area contributed by atoms with Crippen LogP contribution < -0.4 is 10.2 Å². The summed E-state index contributed by atoms with van der Waals surface area (Å²) in [6, 6.07) is 10.1. The van der Waals surface area contributed by atoms with Crippen LogP contribution >= 0.6 is 15.9 Å². The van der Waals surface area contributed by atoms with Gasteiger partial charge in [0.15, 0.2) is 5.69 Å². The van der Waals surface area contributed by atoms with Gasteiger partial charge in [0.1, 0.15) is 17.2 Å². The van der Waals surface area contributed by atoms with E-state index in [1.807, 2.05) is 0 Å². The van der Waals surface area contributed by atoms with E-state index in [1.54, 1.807) is 37.5 Å². The Balaban J connectivity index is 1.65. The van der Waals surface area contributed by atoms with Gasteiger partial charge in [-0.3, -0.25) is 9.48 Å². The summed E-state index contributed by atoms with van der Waals surface area (Å²) in [6.45, 7) is 0. The average Bonchev–Trinajstić information content (AvgIpc) is 3.00. The predicted octanol–water partition coefficient (Wildman–Crippen LogP) is 2.58. The molecule has 0 aliphatic rings. The molecule has 10 heteroatoms. The Morgan fingerprint density at radius 2 is 2.03 bits per heavy atom. The summed E-state index contributed by atoms with van der Waals surface area (Å²) >= 11 is 3.24. The van der Waals surface area contributed by atoms with Crippen LogP contribution in [0.4, 0.5) is 0 Å². The number of phenols is 2. The fourth-order valence-electron chi connectivity index (χ4n) is 2.35. The number of carbonyl (C=O) groups is 2. The third-order valence-electron chi connectivity index (χ3n) is 3.65. The highest BCUT2D eigenvalue weighted by molar-refractivity contribution is 9.10. The largest absolute Gasteiger partial charge is 0.508 e. The molecule has 0 saturated carbocycles. The summed E-state index contributed by atoms with van der Waals surface area (Å²) < 4.78 is 7.31. The number of hydrogen-bond acceptors (Lipinski definition) is 7. The zero-order valence-corrected chi connectivity index (χ0v) is 16.6. The zero-order valence-electron chi connectivity index (χ0n) is 15.0. The van der Waals surface area contributed by atoms with Crippen LogP contribution in [0.5, 0.6) is 17.2 Å². The molecule has 1 aromatic heterocycles. The highest BCUT2D eigenvalue weighted by atomic mass is 79.9. The number of halogens is 1. The molecule has 0 atom stereocenters. The number of phenolic OH excluding ortho intramolecular Hbond substituents is 2. The van der Waals surface area contributed by atoms with Gasteiger partial charge < -0.3 is 14.9 Å². The summed E-state index contributed by atoms with van der Waals surface area (Å²) in [5.41, 5.74) is 2.93. The average molecular weight is 459 g/mol. The Morgan fingerprint density at radius 3 is 2.72 bits per heavy atom. The quantitative estimate of drug-likeness (QED) is 0.233. The summed E-state index contributed by atoms with van der Waals surface area (Å²) in [6.07, 6.45) is 2.98. The SMILES string of the molecule is Cn1cc(Br)c(C(=O)Oc2cccc(C=NNC(=O)c3ccc(O)cc3O)c2)n1. The topological polar surface area (TPSA) is 126 Å². The van der Waals surface area contributed by atoms with Gasteiger partial charge >= 0.3 is 5.97 Å². The van der Waals surface area contributed by atoms with Crippen LogP contribution in [-0.2, 0) is 7.05 Å². The second kappa shape index (κ2) is 8.57. The lowest BCUT2D eigenvalue weighted by atomic mass is 10.2. The van der Waals surface area contributed by atoms with Crippen molar-refractivity contribution in [1.29, 1.82) is 0 Å². The van der Waals surface area contributed by atoms with Gasteiger partial charge in [-0.25, -0.2) is 10.2 Å². The molecule has 0 radical (unpaired) electrons. The van der Waals surface area contributed by atoms with E-state index >= 15 is 0 Å². The van der Waals surface area contributed by atoms with E-state index in [9.17, 15) is 19.8 Å². The number of amides is 1. The molecule has 0 aliphatic carbocycles. The van der Waals surface area contributed by atoms with Crippen molar-refractivity contribution < 1.29 is 24.5 Å². The summed E-state index contributed by atoms with van der Waals surface area (Å²) in [5.74, 6) is -1.53. The van der Waals surface area contributed by atoms with Gasteiger partial charge in [-0.15, -0.1) is 0 Å². The fraction of sp³-hybridized carbons (Fsp3) is 0.0526. The Bertz CT molecular complexity index is 1110. The van der Waals surface area contributed by atoms with Crippen molar-refractivity contribution in [3.63, 3.8) is 0 Å². The zero-order chi connectivity index (χ0) is 21.0. The van der Waals surface area contributed by atoms with Gasteiger partial charge in [-0.2, -0.15) is 10.2 Å². The lowest BCUT2D eigenvalue weighted by Gasteiger charge is -2.04. The summed E-state index contributed by atoms with van der Waals surface area (Å²) in [5, 5.41) is 26.8. The number of carbonyl (C=O) groups excluding carboxylic acids is 2. The number of nitrogens with zero attached hydrogens (tertiary/aromatic N) is 3. The number of rotatable bonds is 5. The predicted molar refractivity (Wildman–Crippen MR) is 107 cm³/mol. The van der Waals surface area contributed by atoms with Crippen LogP contribution in [0.15, 0.2) is 58.2 Å². The number of aromatic hydroxyl groups is 2. The number of aromatic nitrogens is 2. The Kier molecular flexibility index (Phi) is 5.93. The van der Waals surface area contributed by atoms with Gasteiger partial charge in [0, 0.05) is 19.3 Å². The molecule has 0 aliphatic heterocycles. The first-order valence-electron chi connectivity index (χ1n) is 8.20. The molecule has 3 N–H and O–H groups in total. The number of nitrogens with one attached hydrogen (secondary N) is 1. The van der Waals surface area contributed by atoms with Crippen molar-refractivity contribution in [1.82, 2.24) is 15.2 Å². The molecule has 3 aromatic rings. The number of benzene rings is 2. The van der Waals surface area contributed by atoms with Crippen LogP contribution in [0, 0.1) is 0 Å². The van der Waals surface area contributed by atoms with E-state index in [0.29, 0.717) is 10.0 Å². The van der Waals surface area contributed by atoms with E-state index in [0.717, 1.165) is 6.07 Å². The normalized spacial score (nSPS) is 10.8. The minimum absolute atomic E-state index is 0.0384. The molecule has 1 heterocycles. The van der Waals surface area contributed by atoms with E-state index in [4.69, 9.17) is 4.74 Å². The fourth-order valence-corrected chi connectivity index (χ4v) is 2.89. The third-order valence-corrected chi connectivity index (χ3v) is 4.23. The van der Waals surface area contributed by atoms with Crippen molar-refractivity contribution >= 4 is 34.0 Å². The van der Waals surface area contributed by atoms with Crippen molar-refractivity contribution in [3.8, 4) is 17.2 Å². The Morgan fingerprint density at radius 1 is 1.24 bits per heavy atom. The number of aryl methyl sites for hydroxylation is 1. The molecule has 3 rings (SSSR count). The number of ether oxygens (including phenoxy) is 1. The number of hydrazone groups is 1. The molecule has 0 spiro atoms. The second-order valence-corrected chi connectivity index (χ2v) is 6.72. The second-order valence-electron chi connectivity index (χ2n) is 5.86. The first-order chi connectivity index (χ1) is 13.8. The maximum atomic E-state index is 12.2. The van der Waals surface area contributed by atoms with Crippen LogP contribution in [0.2, 0.25) is 0 Å². The standard InChI is InChI=1S/C19H15BrN4O5/c1-24-10-15(20)17(23-24)19(28)29-13-4-2-3-11(7-13)9-21-22-18(27)14-6-5-12(25)8-16(14)26/h2-10,25-26H,1H3,(H,22,27). The molecule has 148 valence electrons. The highest BCUT2D eigenvalue weighted by Gasteiger charge is 2.17. The summed E-state index contributed by atoms with van der Waals surface area (Å²) in [7, 11) is 1.69. The van der Waals surface area contributed by atoms with Gasteiger partial charge in [0.2, 0.25) is 0 Å². The third kappa shape index (κ3) is 4.99. The van der Waals surface area contributed by atoms with Gasteiger partial charge in [-0.05, 0) is 45.8 Å². The molecule has 29 heavy (non-hydrogen) atoms. The minimum Gasteiger partial charge on any atom is -0.508 e. The minimum atomic E-state index is -0.652. The van der Waals surface area contributed by atoms with E-state index in [1.165, 1.54) is 23.0 Å². The van der Waals surface area contributed by atoms with E-state index < -0.39 is 11.9 Å². The lowest BCUT2D eigenvalue weighted by Crippen LogP contribution is -2.17. The maximum absolute atomic E-state index is 12.2. The Hall–Kier alpha value is -3.66. The van der Waals surface area contributed by atoms with Crippen LogP contribution in [-0.4, -0.2) is 38.1 Å². The first kappa shape index (κ1) is 20.1. The molecule has 1 amide bonds.